The van der Waals surface area contributed by atoms with Crippen LogP contribution >= 0.6 is 11.8 Å². The predicted octanol–water partition coefficient (Wildman–Crippen LogP) is 7.54. The number of aryl methyl sites for hydroxylation is 1. The summed E-state index contributed by atoms with van der Waals surface area (Å²) < 4.78 is 40.7. The number of para-hydroxylation sites is 1. The van der Waals surface area contributed by atoms with Crippen LogP contribution in [0.1, 0.15) is 43.7 Å². The number of benzene rings is 2. The summed E-state index contributed by atoms with van der Waals surface area (Å²) in [5.74, 6) is 0.243. The first-order chi connectivity index (χ1) is 14.9. The van der Waals surface area contributed by atoms with Gasteiger partial charge in [0.25, 0.3) is 0 Å². The van der Waals surface area contributed by atoms with Crippen molar-refractivity contribution >= 4 is 23.4 Å². The van der Waals surface area contributed by atoms with E-state index in [0.717, 1.165) is 48.5 Å². The fourth-order valence-corrected chi connectivity index (χ4v) is 4.21. The van der Waals surface area contributed by atoms with Crippen LogP contribution in [0.25, 0.3) is 0 Å². The van der Waals surface area contributed by atoms with Crippen molar-refractivity contribution in [2.45, 2.75) is 55.1 Å². The van der Waals surface area contributed by atoms with Crippen LogP contribution in [0, 0.1) is 0 Å². The zero-order valence-electron chi connectivity index (χ0n) is 17.7. The molecular formula is C24H26F3N3S. The lowest BCUT2D eigenvalue weighted by molar-refractivity contribution is -0.140. The summed E-state index contributed by atoms with van der Waals surface area (Å²) >= 11 is 0.994. The fourth-order valence-electron chi connectivity index (χ4n) is 3.29. The number of alkyl halides is 3. The Hall–Kier alpha value is -2.54. The molecule has 0 aliphatic rings. The van der Waals surface area contributed by atoms with Gasteiger partial charge in [-0.1, -0.05) is 74.3 Å². The quantitative estimate of drug-likeness (QED) is 0.251. The van der Waals surface area contributed by atoms with Crippen LogP contribution in [0.3, 0.4) is 0 Å². The molecule has 3 rings (SSSR count). The lowest BCUT2D eigenvalue weighted by Gasteiger charge is -2.22. The smallest absolute Gasteiger partial charge is 0.313 e. The number of rotatable bonds is 9. The second-order valence-electron chi connectivity index (χ2n) is 7.30. The van der Waals surface area contributed by atoms with Crippen LogP contribution in [0.4, 0.5) is 24.8 Å². The van der Waals surface area contributed by atoms with Crippen LogP contribution in [0.2, 0.25) is 0 Å². The van der Waals surface area contributed by atoms with Crippen molar-refractivity contribution in [3.63, 3.8) is 0 Å². The molecule has 0 atom stereocenters. The van der Waals surface area contributed by atoms with E-state index in [0.29, 0.717) is 4.90 Å². The molecule has 0 bridgehead atoms. The van der Waals surface area contributed by atoms with Crippen molar-refractivity contribution in [2.75, 3.05) is 11.9 Å². The minimum Gasteiger partial charge on any atom is -0.313 e. The molecule has 2 aromatic carbocycles. The van der Waals surface area contributed by atoms with Crippen molar-refractivity contribution in [2.24, 2.45) is 0 Å². The van der Waals surface area contributed by atoms with Gasteiger partial charge < -0.3 is 4.90 Å². The van der Waals surface area contributed by atoms with Gasteiger partial charge >= 0.3 is 6.18 Å². The highest BCUT2D eigenvalue weighted by atomic mass is 32.2. The first-order valence-electron chi connectivity index (χ1n) is 10.4. The molecule has 0 saturated heterocycles. The molecule has 7 heteroatoms. The third kappa shape index (κ3) is 6.23. The topological polar surface area (TPSA) is 29.0 Å². The maximum atomic E-state index is 13.6. The van der Waals surface area contributed by atoms with Crippen molar-refractivity contribution in [3.05, 3.63) is 71.9 Å². The fraction of sp³-hybridized carbons (Fsp3) is 0.333. The minimum absolute atomic E-state index is 0.101. The van der Waals surface area contributed by atoms with E-state index in [9.17, 15) is 13.2 Å². The van der Waals surface area contributed by atoms with E-state index in [2.05, 4.69) is 23.0 Å². The van der Waals surface area contributed by atoms with Crippen LogP contribution in [0.5, 0.6) is 0 Å². The molecule has 0 saturated carbocycles. The van der Waals surface area contributed by atoms with Gasteiger partial charge in [-0.2, -0.15) is 13.2 Å². The number of aromatic nitrogens is 2. The van der Waals surface area contributed by atoms with Crippen LogP contribution in [-0.4, -0.2) is 17.0 Å². The van der Waals surface area contributed by atoms with E-state index in [1.54, 1.807) is 36.2 Å². The molecule has 0 radical (unpaired) electrons. The molecule has 1 heterocycles. The molecule has 3 aromatic rings. The highest BCUT2D eigenvalue weighted by molar-refractivity contribution is 7.99. The van der Waals surface area contributed by atoms with Gasteiger partial charge in [-0.05, 0) is 36.6 Å². The number of anilines is 2. The second-order valence-corrected chi connectivity index (χ2v) is 8.36. The molecule has 0 unspecified atom stereocenters. The Kier molecular flexibility index (Phi) is 7.96. The number of hydrogen-bond donors (Lipinski definition) is 0. The Labute approximate surface area is 185 Å². The highest BCUT2D eigenvalue weighted by Crippen LogP contribution is 2.39. The van der Waals surface area contributed by atoms with Gasteiger partial charge in [0.15, 0.2) is 0 Å². The minimum atomic E-state index is -4.52. The summed E-state index contributed by atoms with van der Waals surface area (Å²) in [4.78, 5) is 10.8. The van der Waals surface area contributed by atoms with Gasteiger partial charge in [0.1, 0.15) is 10.6 Å². The lowest BCUT2D eigenvalue weighted by atomic mass is 10.0. The highest BCUT2D eigenvalue weighted by Gasteiger charge is 2.35. The SMILES string of the molecule is CCCCCCc1ccccc1N(C)c1ncc(C(F)(F)F)c(Sc2ccccc2)n1. The van der Waals surface area contributed by atoms with E-state index in [4.69, 9.17) is 0 Å². The first-order valence-corrected chi connectivity index (χ1v) is 11.2. The Morgan fingerprint density at radius 2 is 1.65 bits per heavy atom. The third-order valence-corrected chi connectivity index (χ3v) is 5.97. The molecule has 164 valence electrons. The summed E-state index contributed by atoms with van der Waals surface area (Å²) in [7, 11) is 1.80. The molecule has 0 fully saturated rings. The second kappa shape index (κ2) is 10.7. The van der Waals surface area contributed by atoms with E-state index in [1.807, 2.05) is 24.3 Å². The van der Waals surface area contributed by atoms with Crippen molar-refractivity contribution < 1.29 is 13.2 Å². The molecule has 0 N–H and O–H groups in total. The average molecular weight is 446 g/mol. The summed E-state index contributed by atoms with van der Waals surface area (Å²) in [6, 6.07) is 16.9. The molecule has 0 aliphatic carbocycles. The number of hydrogen-bond acceptors (Lipinski definition) is 4. The number of unbranched alkanes of at least 4 members (excludes halogenated alkanes) is 3. The average Bonchev–Trinajstić information content (AvgIpc) is 2.76. The summed E-state index contributed by atoms with van der Waals surface area (Å²) in [6.07, 6.45) is 1.86. The van der Waals surface area contributed by atoms with Gasteiger partial charge in [-0.25, -0.2) is 9.97 Å². The largest absolute Gasteiger partial charge is 0.420 e. The zero-order chi connectivity index (χ0) is 22.3. The van der Waals surface area contributed by atoms with E-state index >= 15 is 0 Å². The molecule has 1 aromatic heterocycles. The van der Waals surface area contributed by atoms with Gasteiger partial charge in [-0.15, -0.1) is 0 Å². The molecule has 3 nitrogen and oxygen atoms in total. The number of halogens is 3. The van der Waals surface area contributed by atoms with Gasteiger partial charge in [0.2, 0.25) is 5.95 Å². The molecule has 0 amide bonds. The van der Waals surface area contributed by atoms with Gasteiger partial charge in [-0.3, -0.25) is 0 Å². The van der Waals surface area contributed by atoms with E-state index < -0.39 is 11.7 Å². The van der Waals surface area contributed by atoms with Crippen molar-refractivity contribution in [3.8, 4) is 0 Å². The maximum Gasteiger partial charge on any atom is 0.420 e. The Balaban J connectivity index is 1.91. The van der Waals surface area contributed by atoms with E-state index in [1.165, 1.54) is 12.8 Å². The Morgan fingerprint density at radius 3 is 2.35 bits per heavy atom. The maximum absolute atomic E-state index is 13.6. The summed E-state index contributed by atoms with van der Waals surface area (Å²) in [5.41, 5.74) is 1.22. The third-order valence-electron chi connectivity index (χ3n) is 4.96. The predicted molar refractivity (Wildman–Crippen MR) is 120 cm³/mol. The molecular weight excluding hydrogens is 419 g/mol. The standard InChI is InChI=1S/C24H26F3N3S/c1-3-4-5-7-12-18-13-10-11-16-21(18)30(2)23-28-17-20(24(25,26)27)22(29-23)31-19-14-8-6-9-15-19/h6,8-11,13-17H,3-5,7,12H2,1-2H3. The van der Waals surface area contributed by atoms with Crippen LogP contribution < -0.4 is 4.90 Å². The summed E-state index contributed by atoms with van der Waals surface area (Å²) in [6.45, 7) is 2.18. The van der Waals surface area contributed by atoms with Gasteiger partial charge in [0, 0.05) is 23.8 Å². The van der Waals surface area contributed by atoms with Gasteiger partial charge in [0.05, 0.1) is 0 Å². The monoisotopic (exact) mass is 445 g/mol. The lowest BCUT2D eigenvalue weighted by Crippen LogP contribution is -2.17. The van der Waals surface area contributed by atoms with Crippen LogP contribution in [-0.2, 0) is 12.6 Å². The molecule has 0 aliphatic heterocycles. The first kappa shape index (κ1) is 23.1. The normalized spacial score (nSPS) is 11.5. The van der Waals surface area contributed by atoms with Crippen LogP contribution in [0.15, 0.2) is 70.7 Å². The summed E-state index contributed by atoms with van der Waals surface area (Å²) in [5, 5.41) is -0.101. The number of nitrogens with zero attached hydrogens (tertiary/aromatic N) is 3. The molecule has 0 spiro atoms. The van der Waals surface area contributed by atoms with E-state index in [-0.39, 0.29) is 11.0 Å². The molecule has 31 heavy (non-hydrogen) atoms. The Bertz CT molecular complexity index is 977. The zero-order valence-corrected chi connectivity index (χ0v) is 18.5. The van der Waals surface area contributed by atoms with Crippen molar-refractivity contribution in [1.29, 1.82) is 0 Å². The Morgan fingerprint density at radius 1 is 0.935 bits per heavy atom. The van der Waals surface area contributed by atoms with Crippen molar-refractivity contribution in [1.82, 2.24) is 9.97 Å².